The van der Waals surface area contributed by atoms with Crippen molar-refractivity contribution >= 4 is 45.0 Å². The Labute approximate surface area is 181 Å². The number of sulfonamides is 1. The molecule has 9 heteroatoms. The van der Waals surface area contributed by atoms with Gasteiger partial charge in [-0.05, 0) is 55.0 Å². The number of benzene rings is 2. The Morgan fingerprint density at radius 1 is 1.17 bits per heavy atom. The van der Waals surface area contributed by atoms with E-state index in [-0.39, 0.29) is 5.91 Å². The van der Waals surface area contributed by atoms with Gasteiger partial charge in [-0.3, -0.25) is 9.10 Å². The van der Waals surface area contributed by atoms with E-state index in [1.165, 1.54) is 11.4 Å². The SMILES string of the molecule is CC[C@H](Oc1ccc(N(C)S(C)(=O)=O)cc1)C(=O)NCCSc1ccc(Cl)cc1. The number of carbonyl (C=O) groups is 1. The molecule has 0 spiro atoms. The van der Waals surface area contributed by atoms with Crippen LogP contribution >= 0.6 is 23.4 Å². The predicted octanol–water partition coefficient (Wildman–Crippen LogP) is 3.80. The van der Waals surface area contributed by atoms with Crippen LogP contribution in [-0.2, 0) is 14.8 Å². The van der Waals surface area contributed by atoms with Gasteiger partial charge < -0.3 is 10.1 Å². The first-order chi connectivity index (χ1) is 13.7. The van der Waals surface area contributed by atoms with Gasteiger partial charge in [-0.2, -0.15) is 0 Å². The largest absolute Gasteiger partial charge is 0.481 e. The summed E-state index contributed by atoms with van der Waals surface area (Å²) in [4.78, 5) is 13.5. The van der Waals surface area contributed by atoms with Crippen molar-refractivity contribution < 1.29 is 17.9 Å². The lowest BCUT2D eigenvalue weighted by Gasteiger charge is -2.19. The van der Waals surface area contributed by atoms with Gasteiger partial charge in [-0.15, -0.1) is 11.8 Å². The Morgan fingerprint density at radius 3 is 2.34 bits per heavy atom. The van der Waals surface area contributed by atoms with Crippen molar-refractivity contribution in [2.75, 3.05) is 29.9 Å². The zero-order chi connectivity index (χ0) is 21.4. The zero-order valence-electron chi connectivity index (χ0n) is 16.6. The van der Waals surface area contributed by atoms with Crippen molar-refractivity contribution in [2.45, 2.75) is 24.3 Å². The molecule has 0 saturated carbocycles. The lowest BCUT2D eigenvalue weighted by molar-refractivity contribution is -0.127. The van der Waals surface area contributed by atoms with Crippen molar-refractivity contribution in [3.05, 3.63) is 53.6 Å². The summed E-state index contributed by atoms with van der Waals surface area (Å²) in [5, 5.41) is 3.58. The summed E-state index contributed by atoms with van der Waals surface area (Å²) in [5.41, 5.74) is 0.525. The Morgan fingerprint density at radius 2 is 1.79 bits per heavy atom. The summed E-state index contributed by atoms with van der Waals surface area (Å²) in [7, 11) is -1.84. The summed E-state index contributed by atoms with van der Waals surface area (Å²) in [6.45, 7) is 2.39. The van der Waals surface area contributed by atoms with Crippen molar-refractivity contribution in [3.8, 4) is 5.75 Å². The minimum absolute atomic E-state index is 0.179. The third-order valence-electron chi connectivity index (χ3n) is 4.12. The van der Waals surface area contributed by atoms with E-state index >= 15 is 0 Å². The smallest absolute Gasteiger partial charge is 0.261 e. The molecule has 1 atom stereocenters. The molecular weight excluding hydrogens is 432 g/mol. The van der Waals surface area contributed by atoms with Crippen LogP contribution in [0.15, 0.2) is 53.4 Å². The average Bonchev–Trinajstić information content (AvgIpc) is 2.69. The van der Waals surface area contributed by atoms with Crippen molar-refractivity contribution in [3.63, 3.8) is 0 Å². The molecule has 158 valence electrons. The van der Waals surface area contributed by atoms with Crippen molar-refractivity contribution in [1.82, 2.24) is 5.32 Å². The van der Waals surface area contributed by atoms with E-state index in [2.05, 4.69) is 5.32 Å². The molecule has 0 saturated heterocycles. The summed E-state index contributed by atoms with van der Waals surface area (Å²) >= 11 is 7.50. The predicted molar refractivity (Wildman–Crippen MR) is 120 cm³/mol. The number of anilines is 1. The molecule has 0 fully saturated rings. The topological polar surface area (TPSA) is 75.7 Å². The van der Waals surface area contributed by atoms with Gasteiger partial charge in [0.25, 0.3) is 5.91 Å². The lowest BCUT2D eigenvalue weighted by atomic mass is 10.2. The quantitative estimate of drug-likeness (QED) is 0.434. The molecule has 29 heavy (non-hydrogen) atoms. The minimum Gasteiger partial charge on any atom is -0.481 e. The highest BCUT2D eigenvalue weighted by Crippen LogP contribution is 2.22. The van der Waals surface area contributed by atoms with Gasteiger partial charge in [0.2, 0.25) is 10.0 Å². The second-order valence-corrected chi connectivity index (χ2v) is 9.95. The second kappa shape index (κ2) is 10.8. The molecule has 1 N–H and O–H groups in total. The molecular formula is C20H25ClN2O4S2. The fraction of sp³-hybridized carbons (Fsp3) is 0.350. The van der Waals surface area contributed by atoms with Gasteiger partial charge in [0.05, 0.1) is 11.9 Å². The Balaban J connectivity index is 1.83. The van der Waals surface area contributed by atoms with E-state index < -0.39 is 16.1 Å². The van der Waals surface area contributed by atoms with Crippen LogP contribution in [0.25, 0.3) is 0 Å². The number of carbonyl (C=O) groups excluding carboxylic acids is 1. The molecule has 1 amide bonds. The first kappa shape index (κ1) is 23.4. The molecule has 2 rings (SSSR count). The fourth-order valence-electron chi connectivity index (χ4n) is 2.40. The molecule has 2 aromatic carbocycles. The van der Waals surface area contributed by atoms with Gasteiger partial charge in [-0.25, -0.2) is 8.42 Å². The number of ether oxygens (including phenoxy) is 1. The minimum atomic E-state index is -3.33. The van der Waals surface area contributed by atoms with Crippen molar-refractivity contribution in [2.24, 2.45) is 0 Å². The molecule has 0 aliphatic heterocycles. The van der Waals surface area contributed by atoms with Crippen molar-refractivity contribution in [1.29, 1.82) is 0 Å². The standard InChI is InChI=1S/C20H25ClN2O4S2/c1-4-19(20(24)22-13-14-28-18-11-5-15(21)6-12-18)27-17-9-7-16(8-10-17)23(2)29(3,25)26/h5-12,19H,4,13-14H2,1-3H3,(H,22,24)/t19-/m0/s1. The molecule has 6 nitrogen and oxygen atoms in total. The van der Waals surface area contributed by atoms with Gasteiger partial charge in [-0.1, -0.05) is 18.5 Å². The monoisotopic (exact) mass is 456 g/mol. The Hall–Kier alpha value is -1.90. The third kappa shape index (κ3) is 7.45. The van der Waals surface area contributed by atoms with Crippen LogP contribution in [0.2, 0.25) is 5.02 Å². The number of amides is 1. The number of nitrogens with one attached hydrogen (secondary N) is 1. The Bertz CT molecular complexity index is 903. The lowest BCUT2D eigenvalue weighted by Crippen LogP contribution is -2.39. The number of thioether (sulfide) groups is 1. The highest BCUT2D eigenvalue weighted by molar-refractivity contribution is 7.99. The van der Waals surface area contributed by atoms with Crippen LogP contribution in [0.3, 0.4) is 0 Å². The number of halogens is 1. The normalized spacial score (nSPS) is 12.3. The second-order valence-electron chi connectivity index (χ2n) is 6.33. The molecule has 0 unspecified atom stereocenters. The number of hydrogen-bond donors (Lipinski definition) is 1. The highest BCUT2D eigenvalue weighted by atomic mass is 35.5. The highest BCUT2D eigenvalue weighted by Gasteiger charge is 2.18. The third-order valence-corrected chi connectivity index (χ3v) is 6.59. The van der Waals surface area contributed by atoms with Crippen LogP contribution in [0.1, 0.15) is 13.3 Å². The fourth-order valence-corrected chi connectivity index (χ4v) is 3.80. The van der Waals surface area contributed by atoms with E-state index in [4.69, 9.17) is 16.3 Å². The van der Waals surface area contributed by atoms with Gasteiger partial charge in [0.1, 0.15) is 5.75 Å². The molecule has 0 aliphatic rings. The van der Waals surface area contributed by atoms with E-state index in [1.54, 1.807) is 36.0 Å². The van der Waals surface area contributed by atoms with Crippen LogP contribution in [0, 0.1) is 0 Å². The van der Waals surface area contributed by atoms with E-state index in [9.17, 15) is 13.2 Å². The summed E-state index contributed by atoms with van der Waals surface area (Å²) in [6.07, 6.45) is 1.04. The van der Waals surface area contributed by atoms with Crippen LogP contribution in [0.5, 0.6) is 5.75 Å². The van der Waals surface area contributed by atoms with Gasteiger partial charge in [0, 0.05) is 29.3 Å². The Kier molecular flexibility index (Phi) is 8.67. The molecule has 0 aliphatic carbocycles. The molecule has 0 aromatic heterocycles. The van der Waals surface area contributed by atoms with E-state index in [1.807, 2.05) is 31.2 Å². The molecule has 0 radical (unpaired) electrons. The maximum Gasteiger partial charge on any atom is 0.261 e. The molecule has 0 heterocycles. The zero-order valence-corrected chi connectivity index (χ0v) is 19.0. The van der Waals surface area contributed by atoms with Gasteiger partial charge in [0.15, 0.2) is 6.10 Å². The molecule has 2 aromatic rings. The number of rotatable bonds is 10. The van der Waals surface area contributed by atoms with Crippen LogP contribution < -0.4 is 14.4 Å². The van der Waals surface area contributed by atoms with Crippen LogP contribution in [0.4, 0.5) is 5.69 Å². The average molecular weight is 457 g/mol. The number of nitrogens with zero attached hydrogens (tertiary/aromatic N) is 1. The number of hydrogen-bond acceptors (Lipinski definition) is 5. The van der Waals surface area contributed by atoms with E-state index in [0.717, 1.165) is 16.9 Å². The summed E-state index contributed by atoms with van der Waals surface area (Å²) in [5.74, 6) is 1.06. The van der Waals surface area contributed by atoms with Gasteiger partial charge >= 0.3 is 0 Å². The van der Waals surface area contributed by atoms with Crippen LogP contribution in [-0.4, -0.2) is 46.0 Å². The first-order valence-corrected chi connectivity index (χ1v) is 12.3. The molecule has 0 bridgehead atoms. The summed E-state index contributed by atoms with van der Waals surface area (Å²) in [6, 6.07) is 14.2. The maximum absolute atomic E-state index is 12.4. The maximum atomic E-state index is 12.4. The van der Waals surface area contributed by atoms with E-state index in [0.29, 0.717) is 29.4 Å². The summed E-state index contributed by atoms with van der Waals surface area (Å²) < 4.78 is 30.1. The first-order valence-electron chi connectivity index (χ1n) is 9.07.